The molecular weight excluding hydrogens is 489 g/mol. The first-order chi connectivity index (χ1) is 13.3. The van der Waals surface area contributed by atoms with Crippen molar-refractivity contribution in [3.63, 3.8) is 0 Å². The maximum Gasteiger partial charge on any atom is 0.307 e. The highest BCUT2D eigenvalue weighted by atomic mass is 127. The predicted molar refractivity (Wildman–Crippen MR) is 120 cm³/mol. The zero-order chi connectivity index (χ0) is 20.7. The molecule has 0 spiro atoms. The molecule has 0 aliphatic carbocycles. The second-order valence-corrected chi connectivity index (χ2v) is 8.74. The molecule has 7 heteroatoms. The molecule has 0 aliphatic heterocycles. The number of aryl methyl sites for hydroxylation is 2. The van der Waals surface area contributed by atoms with Crippen molar-refractivity contribution in [1.29, 1.82) is 0 Å². The molecule has 0 fully saturated rings. The Morgan fingerprint density at radius 1 is 1.21 bits per heavy atom. The van der Waals surface area contributed by atoms with Crippen LogP contribution in [-0.4, -0.2) is 25.5 Å². The van der Waals surface area contributed by atoms with Crippen LogP contribution in [0.5, 0.6) is 5.75 Å². The van der Waals surface area contributed by atoms with Crippen molar-refractivity contribution in [2.75, 3.05) is 13.7 Å². The molecule has 0 aliphatic rings. The fourth-order valence-electron chi connectivity index (χ4n) is 2.78. The summed E-state index contributed by atoms with van der Waals surface area (Å²) in [7, 11) is 1.33. The molecule has 1 N–H and O–H groups in total. The summed E-state index contributed by atoms with van der Waals surface area (Å²) in [5.74, 6) is 0.328. The molecular formula is C21H26INO4S. The van der Waals surface area contributed by atoms with E-state index in [4.69, 9.17) is 4.74 Å². The maximum absolute atomic E-state index is 12.3. The molecule has 1 atom stereocenters. The van der Waals surface area contributed by atoms with Crippen molar-refractivity contribution in [2.45, 2.75) is 46.1 Å². The molecule has 0 saturated heterocycles. The zero-order valence-electron chi connectivity index (χ0n) is 16.6. The van der Waals surface area contributed by atoms with Crippen LogP contribution in [0.2, 0.25) is 0 Å². The van der Waals surface area contributed by atoms with Crippen molar-refractivity contribution >= 4 is 45.8 Å². The number of halogens is 1. The predicted octanol–water partition coefficient (Wildman–Crippen LogP) is 5.18. The van der Waals surface area contributed by atoms with Gasteiger partial charge in [0.1, 0.15) is 11.9 Å². The van der Waals surface area contributed by atoms with E-state index in [9.17, 15) is 9.59 Å². The molecule has 1 aromatic heterocycles. The Balaban J connectivity index is 2.08. The molecule has 0 unspecified atom stereocenters. The number of ether oxygens (including phenoxy) is 2. The Morgan fingerprint density at radius 2 is 1.89 bits per heavy atom. The van der Waals surface area contributed by atoms with Crippen LogP contribution in [0.1, 0.15) is 58.0 Å². The SMILES string of the molecule is CCC[C@@H](Oc1cc(C)c(I)c(C)c1)c1ccc(C(=O)NCCC(=O)OC)s1. The van der Waals surface area contributed by atoms with Crippen molar-refractivity contribution in [1.82, 2.24) is 5.32 Å². The highest BCUT2D eigenvalue weighted by Gasteiger charge is 2.18. The number of carbonyl (C=O) groups excluding carboxylic acids is 2. The van der Waals surface area contributed by atoms with E-state index in [1.807, 2.05) is 12.1 Å². The number of nitrogens with one attached hydrogen (secondary N) is 1. The van der Waals surface area contributed by atoms with Gasteiger partial charge in [-0.25, -0.2) is 0 Å². The lowest BCUT2D eigenvalue weighted by Crippen LogP contribution is -2.25. The third-order valence-electron chi connectivity index (χ3n) is 4.25. The van der Waals surface area contributed by atoms with E-state index in [1.165, 1.54) is 33.1 Å². The summed E-state index contributed by atoms with van der Waals surface area (Å²) >= 11 is 3.78. The normalized spacial score (nSPS) is 11.8. The lowest BCUT2D eigenvalue weighted by molar-refractivity contribution is -0.140. The van der Waals surface area contributed by atoms with Crippen LogP contribution in [0.25, 0.3) is 0 Å². The largest absolute Gasteiger partial charge is 0.485 e. The number of amides is 1. The fraction of sp³-hybridized carbons (Fsp3) is 0.429. The van der Waals surface area contributed by atoms with E-state index in [0.717, 1.165) is 23.5 Å². The first-order valence-corrected chi connectivity index (χ1v) is 11.1. The second kappa shape index (κ2) is 10.8. The third-order valence-corrected chi connectivity index (χ3v) is 7.13. The molecule has 152 valence electrons. The number of carbonyl (C=O) groups is 2. The van der Waals surface area contributed by atoms with Crippen LogP contribution in [0.4, 0.5) is 0 Å². The molecule has 1 amide bonds. The van der Waals surface area contributed by atoms with Gasteiger partial charge in [-0.05, 0) is 78.3 Å². The van der Waals surface area contributed by atoms with E-state index in [0.29, 0.717) is 4.88 Å². The van der Waals surface area contributed by atoms with E-state index in [2.05, 4.69) is 65.5 Å². The quantitative estimate of drug-likeness (QED) is 0.369. The molecule has 28 heavy (non-hydrogen) atoms. The van der Waals surface area contributed by atoms with E-state index >= 15 is 0 Å². The van der Waals surface area contributed by atoms with Crippen LogP contribution in [0.3, 0.4) is 0 Å². The van der Waals surface area contributed by atoms with Gasteiger partial charge in [-0.2, -0.15) is 0 Å². The van der Waals surface area contributed by atoms with Gasteiger partial charge in [0.15, 0.2) is 0 Å². The molecule has 1 aromatic carbocycles. The molecule has 0 bridgehead atoms. The van der Waals surface area contributed by atoms with Crippen molar-refractivity contribution < 1.29 is 19.1 Å². The second-order valence-electron chi connectivity index (χ2n) is 6.55. The Morgan fingerprint density at radius 3 is 2.50 bits per heavy atom. The van der Waals surface area contributed by atoms with Crippen LogP contribution >= 0.6 is 33.9 Å². The minimum atomic E-state index is -0.341. The van der Waals surface area contributed by atoms with Gasteiger partial charge in [0.2, 0.25) is 0 Å². The molecule has 0 radical (unpaired) electrons. The minimum Gasteiger partial charge on any atom is -0.485 e. The van der Waals surface area contributed by atoms with Crippen LogP contribution in [-0.2, 0) is 9.53 Å². The van der Waals surface area contributed by atoms with Crippen LogP contribution < -0.4 is 10.1 Å². The number of hydrogen-bond donors (Lipinski definition) is 1. The number of rotatable bonds is 9. The van der Waals surface area contributed by atoms with Crippen molar-refractivity contribution in [3.8, 4) is 5.75 Å². The number of benzene rings is 1. The first kappa shape index (κ1) is 22.7. The summed E-state index contributed by atoms with van der Waals surface area (Å²) in [5.41, 5.74) is 2.39. The molecule has 1 heterocycles. The summed E-state index contributed by atoms with van der Waals surface area (Å²) in [6, 6.07) is 7.88. The Hall–Kier alpha value is -1.61. The molecule has 2 rings (SSSR count). The Labute approximate surface area is 184 Å². The summed E-state index contributed by atoms with van der Waals surface area (Å²) in [6.45, 7) is 6.54. The van der Waals surface area contributed by atoms with Gasteiger partial charge in [0.25, 0.3) is 5.91 Å². The zero-order valence-corrected chi connectivity index (χ0v) is 19.6. The average Bonchev–Trinajstić information content (AvgIpc) is 3.15. The first-order valence-electron chi connectivity index (χ1n) is 9.23. The van der Waals surface area contributed by atoms with E-state index < -0.39 is 0 Å². The third kappa shape index (κ3) is 6.20. The van der Waals surface area contributed by atoms with Gasteiger partial charge in [-0.3, -0.25) is 9.59 Å². The van der Waals surface area contributed by atoms with Gasteiger partial charge in [0, 0.05) is 15.0 Å². The minimum absolute atomic E-state index is 0.0921. The lowest BCUT2D eigenvalue weighted by atomic mass is 10.1. The smallest absolute Gasteiger partial charge is 0.307 e. The summed E-state index contributed by atoms with van der Waals surface area (Å²) in [6.07, 6.45) is 1.91. The monoisotopic (exact) mass is 515 g/mol. The average molecular weight is 515 g/mol. The maximum atomic E-state index is 12.3. The molecule has 2 aromatic rings. The van der Waals surface area contributed by atoms with Crippen molar-refractivity contribution in [2.24, 2.45) is 0 Å². The number of methoxy groups -OCH3 is 1. The standard InChI is InChI=1S/C21H26INO4S/c1-5-6-16(27-15-11-13(2)20(22)14(3)12-15)17-7-8-18(28-17)21(25)23-10-9-19(24)26-4/h7-8,11-12,16H,5-6,9-10H2,1-4H3,(H,23,25)/t16-/m1/s1. The van der Waals surface area contributed by atoms with Crippen molar-refractivity contribution in [3.05, 3.63) is 48.7 Å². The highest BCUT2D eigenvalue weighted by molar-refractivity contribution is 14.1. The number of thiophene rings is 1. The molecule has 0 saturated carbocycles. The van der Waals surface area contributed by atoms with E-state index in [-0.39, 0.29) is 30.9 Å². The molecule has 5 nitrogen and oxygen atoms in total. The summed E-state index contributed by atoms with van der Waals surface area (Å²) in [5, 5.41) is 2.75. The van der Waals surface area contributed by atoms with Gasteiger partial charge in [-0.1, -0.05) is 13.3 Å². The topological polar surface area (TPSA) is 64.6 Å². The number of esters is 1. The van der Waals surface area contributed by atoms with Gasteiger partial charge < -0.3 is 14.8 Å². The van der Waals surface area contributed by atoms with E-state index in [1.54, 1.807) is 0 Å². The summed E-state index contributed by atoms with van der Waals surface area (Å²) in [4.78, 5) is 25.1. The van der Waals surface area contributed by atoms with Gasteiger partial charge in [0.05, 0.1) is 18.4 Å². The highest BCUT2D eigenvalue weighted by Crippen LogP contribution is 2.33. The lowest BCUT2D eigenvalue weighted by Gasteiger charge is -2.19. The fourth-order valence-corrected chi connectivity index (χ4v) is 4.07. The number of hydrogen-bond acceptors (Lipinski definition) is 5. The van der Waals surface area contributed by atoms with Gasteiger partial charge >= 0.3 is 5.97 Å². The van der Waals surface area contributed by atoms with Crippen LogP contribution in [0, 0.1) is 17.4 Å². The Kier molecular flexibility index (Phi) is 8.75. The summed E-state index contributed by atoms with van der Waals surface area (Å²) < 4.78 is 12.1. The van der Waals surface area contributed by atoms with Crippen LogP contribution in [0.15, 0.2) is 24.3 Å². The Bertz CT molecular complexity index is 811. The van der Waals surface area contributed by atoms with Gasteiger partial charge in [-0.15, -0.1) is 11.3 Å².